The van der Waals surface area contributed by atoms with Crippen LogP contribution in [0.1, 0.15) is 6.42 Å². The first-order valence-corrected chi connectivity index (χ1v) is 8.60. The molecule has 1 amide bonds. The molecular weight excluding hydrogens is 318 g/mol. The van der Waals surface area contributed by atoms with Gasteiger partial charge in [0.25, 0.3) is 0 Å². The summed E-state index contributed by atoms with van der Waals surface area (Å²) >= 11 is 3.36. The van der Waals surface area contributed by atoms with Crippen LogP contribution in [0.3, 0.4) is 0 Å². The van der Waals surface area contributed by atoms with Crippen LogP contribution in [0, 0.1) is 5.92 Å². The summed E-state index contributed by atoms with van der Waals surface area (Å²) in [5.74, 6) is 0.223. The van der Waals surface area contributed by atoms with Crippen molar-refractivity contribution >= 4 is 37.4 Å². The number of nitrogens with zero attached hydrogens (tertiary/aromatic N) is 1. The highest BCUT2D eigenvalue weighted by atomic mass is 79.9. The van der Waals surface area contributed by atoms with E-state index in [-0.39, 0.29) is 16.7 Å². The SMILES string of the molecule is CS(=O)(=O)c1ccccc1N1CC(CBr)CC1=O. The van der Waals surface area contributed by atoms with Crippen molar-refractivity contribution in [1.82, 2.24) is 0 Å². The summed E-state index contributed by atoms with van der Waals surface area (Å²) in [6.45, 7) is 0.566. The highest BCUT2D eigenvalue weighted by Gasteiger charge is 2.32. The number of hydrogen-bond donors (Lipinski definition) is 0. The maximum Gasteiger partial charge on any atom is 0.227 e. The lowest BCUT2D eigenvalue weighted by Crippen LogP contribution is -2.26. The first-order valence-electron chi connectivity index (χ1n) is 5.59. The lowest BCUT2D eigenvalue weighted by atomic mass is 10.2. The first kappa shape index (κ1) is 13.5. The number of carbonyl (C=O) groups excluding carboxylic acids is 1. The molecule has 1 aliphatic rings. The van der Waals surface area contributed by atoms with Gasteiger partial charge in [-0.15, -0.1) is 0 Å². The maximum absolute atomic E-state index is 11.9. The number of amides is 1. The minimum Gasteiger partial charge on any atom is -0.311 e. The quantitative estimate of drug-likeness (QED) is 0.794. The molecule has 2 rings (SSSR count). The van der Waals surface area contributed by atoms with Gasteiger partial charge in [-0.3, -0.25) is 4.79 Å². The summed E-state index contributed by atoms with van der Waals surface area (Å²) in [5, 5.41) is 0.746. The minimum atomic E-state index is -3.32. The van der Waals surface area contributed by atoms with E-state index in [2.05, 4.69) is 15.9 Å². The molecule has 18 heavy (non-hydrogen) atoms. The van der Waals surface area contributed by atoms with Crippen molar-refractivity contribution in [2.24, 2.45) is 5.92 Å². The fourth-order valence-electron chi connectivity index (χ4n) is 2.11. The third-order valence-electron chi connectivity index (χ3n) is 2.98. The average molecular weight is 332 g/mol. The number of para-hydroxylation sites is 1. The minimum absolute atomic E-state index is 0.0180. The molecule has 1 unspecified atom stereocenters. The summed E-state index contributed by atoms with van der Waals surface area (Å²) in [5.41, 5.74) is 0.494. The summed E-state index contributed by atoms with van der Waals surface area (Å²) in [6.07, 6.45) is 1.62. The molecule has 0 aromatic heterocycles. The Hall–Kier alpha value is -0.880. The zero-order valence-electron chi connectivity index (χ0n) is 9.97. The molecule has 6 heteroatoms. The number of sulfone groups is 1. The van der Waals surface area contributed by atoms with Gasteiger partial charge in [0.2, 0.25) is 5.91 Å². The molecule has 0 bridgehead atoms. The average Bonchev–Trinajstić information content (AvgIpc) is 2.69. The van der Waals surface area contributed by atoms with Gasteiger partial charge in [0.1, 0.15) is 0 Å². The summed E-state index contributed by atoms with van der Waals surface area (Å²) in [4.78, 5) is 13.7. The fourth-order valence-corrected chi connectivity index (χ4v) is 3.43. The smallest absolute Gasteiger partial charge is 0.227 e. The monoisotopic (exact) mass is 331 g/mol. The highest BCUT2D eigenvalue weighted by molar-refractivity contribution is 9.09. The second kappa shape index (κ2) is 5.01. The molecular formula is C12H14BrNO3S. The second-order valence-corrected chi connectivity index (χ2v) is 7.10. The number of rotatable bonds is 3. The lowest BCUT2D eigenvalue weighted by molar-refractivity contribution is -0.117. The van der Waals surface area contributed by atoms with Crippen molar-refractivity contribution in [3.63, 3.8) is 0 Å². The zero-order chi connectivity index (χ0) is 13.3. The van der Waals surface area contributed by atoms with E-state index in [1.54, 1.807) is 29.2 Å². The topological polar surface area (TPSA) is 54.5 Å². The molecule has 1 heterocycles. The van der Waals surface area contributed by atoms with Gasteiger partial charge in [-0.1, -0.05) is 28.1 Å². The number of hydrogen-bond acceptors (Lipinski definition) is 3. The van der Waals surface area contributed by atoms with E-state index in [4.69, 9.17) is 0 Å². The Balaban J connectivity index is 2.44. The normalized spacial score (nSPS) is 20.4. The Morgan fingerprint density at radius 3 is 2.61 bits per heavy atom. The number of anilines is 1. The van der Waals surface area contributed by atoms with Crippen LogP contribution < -0.4 is 4.90 Å². The van der Waals surface area contributed by atoms with Gasteiger partial charge < -0.3 is 4.90 Å². The standard InChI is InChI=1S/C12H14BrNO3S/c1-18(16,17)11-5-3-2-4-10(11)14-8-9(7-13)6-12(14)15/h2-5,9H,6-8H2,1H3. The van der Waals surface area contributed by atoms with Gasteiger partial charge in [0.15, 0.2) is 9.84 Å². The molecule has 0 radical (unpaired) electrons. The number of benzene rings is 1. The Morgan fingerprint density at radius 2 is 2.06 bits per heavy atom. The van der Waals surface area contributed by atoms with E-state index in [0.29, 0.717) is 18.7 Å². The van der Waals surface area contributed by atoms with Crippen LogP contribution >= 0.6 is 15.9 Å². The van der Waals surface area contributed by atoms with Crippen LogP contribution in [0.2, 0.25) is 0 Å². The van der Waals surface area contributed by atoms with Crippen molar-refractivity contribution < 1.29 is 13.2 Å². The molecule has 1 aliphatic heterocycles. The van der Waals surface area contributed by atoms with Crippen LogP contribution in [-0.2, 0) is 14.6 Å². The largest absolute Gasteiger partial charge is 0.311 e. The zero-order valence-corrected chi connectivity index (χ0v) is 12.4. The third kappa shape index (κ3) is 2.59. The summed E-state index contributed by atoms with van der Waals surface area (Å²) in [7, 11) is -3.32. The first-order chi connectivity index (χ1) is 8.43. The second-order valence-electron chi connectivity index (χ2n) is 4.47. The van der Waals surface area contributed by atoms with Gasteiger partial charge in [0, 0.05) is 24.6 Å². The predicted octanol–water partition coefficient (Wildman–Crippen LogP) is 1.84. The van der Waals surface area contributed by atoms with Crippen LogP contribution in [0.4, 0.5) is 5.69 Å². The van der Waals surface area contributed by atoms with Crippen LogP contribution in [-0.4, -0.2) is 32.5 Å². The van der Waals surface area contributed by atoms with Crippen molar-refractivity contribution in [2.75, 3.05) is 23.0 Å². The van der Waals surface area contributed by atoms with E-state index < -0.39 is 9.84 Å². The van der Waals surface area contributed by atoms with Crippen molar-refractivity contribution in [2.45, 2.75) is 11.3 Å². The van der Waals surface area contributed by atoms with Crippen molar-refractivity contribution in [3.05, 3.63) is 24.3 Å². The number of halogens is 1. The van der Waals surface area contributed by atoms with Gasteiger partial charge in [0.05, 0.1) is 10.6 Å². The third-order valence-corrected chi connectivity index (χ3v) is 5.04. The highest BCUT2D eigenvalue weighted by Crippen LogP contribution is 2.31. The van der Waals surface area contributed by atoms with E-state index in [0.717, 1.165) is 11.6 Å². The molecule has 98 valence electrons. The van der Waals surface area contributed by atoms with Crippen LogP contribution in [0.15, 0.2) is 29.2 Å². The maximum atomic E-state index is 11.9. The van der Waals surface area contributed by atoms with E-state index in [1.807, 2.05) is 0 Å². The van der Waals surface area contributed by atoms with Crippen molar-refractivity contribution in [1.29, 1.82) is 0 Å². The molecule has 0 N–H and O–H groups in total. The van der Waals surface area contributed by atoms with E-state index >= 15 is 0 Å². The van der Waals surface area contributed by atoms with Gasteiger partial charge >= 0.3 is 0 Å². The van der Waals surface area contributed by atoms with E-state index in [1.165, 1.54) is 0 Å². The van der Waals surface area contributed by atoms with Crippen molar-refractivity contribution in [3.8, 4) is 0 Å². The number of carbonyl (C=O) groups is 1. The number of alkyl halides is 1. The van der Waals surface area contributed by atoms with E-state index in [9.17, 15) is 13.2 Å². The summed E-state index contributed by atoms with van der Waals surface area (Å²) < 4.78 is 23.4. The van der Waals surface area contributed by atoms with Gasteiger partial charge in [-0.25, -0.2) is 8.42 Å². The lowest BCUT2D eigenvalue weighted by Gasteiger charge is -2.19. The molecule has 1 fully saturated rings. The molecule has 1 saturated heterocycles. The molecule has 0 saturated carbocycles. The fraction of sp³-hybridized carbons (Fsp3) is 0.417. The Morgan fingerprint density at radius 1 is 1.39 bits per heavy atom. The van der Waals surface area contributed by atoms with Crippen LogP contribution in [0.5, 0.6) is 0 Å². The Bertz CT molecular complexity index is 570. The summed E-state index contributed by atoms with van der Waals surface area (Å²) in [6, 6.07) is 6.64. The van der Waals surface area contributed by atoms with Gasteiger partial charge in [-0.05, 0) is 18.1 Å². The molecule has 4 nitrogen and oxygen atoms in total. The van der Waals surface area contributed by atoms with Crippen LogP contribution in [0.25, 0.3) is 0 Å². The molecule has 0 aliphatic carbocycles. The molecule has 0 spiro atoms. The molecule has 1 aromatic carbocycles. The molecule has 1 aromatic rings. The predicted molar refractivity (Wildman–Crippen MR) is 73.8 cm³/mol. The molecule has 1 atom stereocenters. The Labute approximate surface area is 115 Å². The van der Waals surface area contributed by atoms with Gasteiger partial charge in [-0.2, -0.15) is 0 Å². The Kier molecular flexibility index (Phi) is 3.77.